The number of esters is 2. The lowest BCUT2D eigenvalue weighted by atomic mass is 9.81. The second-order valence-electron chi connectivity index (χ2n) is 9.67. The third kappa shape index (κ3) is 31.1. The molecule has 0 spiro atoms. The van der Waals surface area contributed by atoms with Crippen LogP contribution in [0, 0.1) is 23.7 Å². The fourth-order valence-electron chi connectivity index (χ4n) is 3.45. The second kappa shape index (κ2) is 26.2. The van der Waals surface area contributed by atoms with Gasteiger partial charge in [-0.2, -0.15) is 0 Å². The molecule has 2 fully saturated rings. The van der Waals surface area contributed by atoms with E-state index in [4.69, 9.17) is 0 Å². The first kappa shape index (κ1) is 35.5. The Labute approximate surface area is 201 Å². The highest BCUT2D eigenvalue weighted by Crippen LogP contribution is 2.30. The molecule has 4 heteroatoms. The van der Waals surface area contributed by atoms with Crippen molar-refractivity contribution < 1.29 is 19.1 Å². The number of methoxy groups -OCH3 is 2. The quantitative estimate of drug-likeness (QED) is 0.397. The van der Waals surface area contributed by atoms with Gasteiger partial charge in [-0.15, -0.1) is 0 Å². The molecule has 2 aliphatic rings. The van der Waals surface area contributed by atoms with Crippen LogP contribution < -0.4 is 0 Å². The minimum absolute atomic E-state index is 0.245. The van der Waals surface area contributed by atoms with Crippen LogP contribution in [0.3, 0.4) is 0 Å². The third-order valence-corrected chi connectivity index (χ3v) is 6.21. The van der Waals surface area contributed by atoms with Crippen molar-refractivity contribution in [2.75, 3.05) is 14.2 Å². The predicted octanol–water partition coefficient (Wildman–Crippen LogP) is 8.61. The van der Waals surface area contributed by atoms with Crippen molar-refractivity contribution >= 4 is 11.9 Å². The summed E-state index contributed by atoms with van der Waals surface area (Å²) >= 11 is 0. The van der Waals surface area contributed by atoms with Crippen LogP contribution in [-0.4, -0.2) is 26.2 Å². The maximum Gasteiger partial charge on any atom is 0.302 e. The first-order valence-electron chi connectivity index (χ1n) is 13.2. The van der Waals surface area contributed by atoms with Crippen LogP contribution in [0.15, 0.2) is 0 Å². The number of carbonyl (C=O) groups is 2. The van der Waals surface area contributed by atoms with E-state index in [0.717, 1.165) is 23.7 Å². The summed E-state index contributed by atoms with van der Waals surface area (Å²) in [6.07, 6.45) is 17.4. The Hall–Kier alpha value is -1.06. The standard InChI is InChI=1S/C10H20.C8H16.C4H10.2C3H6O2/c1-3-4-10-7-5-9(2)6-8-10;1-7-3-5-8(2)6-4-7;1-3-4-2;2*1-3(4)5-2/h9-10H,3-8H2,1-2H3;7-8H,3-6H2,1-2H3;3-4H2,1-2H3;2*1-2H3. The van der Waals surface area contributed by atoms with Crippen molar-refractivity contribution in [3.8, 4) is 0 Å². The average Bonchev–Trinajstić information content (AvgIpc) is 2.79. The van der Waals surface area contributed by atoms with Crippen molar-refractivity contribution in [2.45, 2.75) is 132 Å². The molecular weight excluding hydrogens is 400 g/mol. The molecule has 0 aromatic rings. The molecule has 194 valence electrons. The summed E-state index contributed by atoms with van der Waals surface area (Å²) in [5.74, 6) is 3.65. The summed E-state index contributed by atoms with van der Waals surface area (Å²) in [4.78, 5) is 19.2. The molecule has 32 heavy (non-hydrogen) atoms. The van der Waals surface area contributed by atoms with E-state index in [1.807, 2.05) is 0 Å². The summed E-state index contributed by atoms with van der Waals surface area (Å²) in [6.45, 7) is 16.5. The van der Waals surface area contributed by atoms with E-state index in [1.165, 1.54) is 105 Å². The molecule has 2 saturated carbocycles. The van der Waals surface area contributed by atoms with Crippen LogP contribution >= 0.6 is 0 Å². The van der Waals surface area contributed by atoms with E-state index >= 15 is 0 Å². The number of ether oxygens (including phenoxy) is 2. The maximum atomic E-state index is 9.59. The Morgan fingerprint density at radius 1 is 0.594 bits per heavy atom. The van der Waals surface area contributed by atoms with Gasteiger partial charge in [-0.1, -0.05) is 119 Å². The zero-order valence-electron chi connectivity index (χ0n) is 23.4. The van der Waals surface area contributed by atoms with Crippen LogP contribution in [-0.2, 0) is 19.1 Å². The lowest BCUT2D eigenvalue weighted by molar-refractivity contribution is -0.138. The molecule has 0 atom stereocenters. The van der Waals surface area contributed by atoms with Gasteiger partial charge in [0.1, 0.15) is 0 Å². The van der Waals surface area contributed by atoms with Crippen molar-refractivity contribution in [1.82, 2.24) is 0 Å². The largest absolute Gasteiger partial charge is 0.469 e. The number of hydrogen-bond donors (Lipinski definition) is 0. The van der Waals surface area contributed by atoms with Gasteiger partial charge in [-0.05, 0) is 23.7 Å². The Morgan fingerprint density at radius 2 is 0.844 bits per heavy atom. The van der Waals surface area contributed by atoms with E-state index in [-0.39, 0.29) is 11.9 Å². The van der Waals surface area contributed by atoms with Gasteiger partial charge >= 0.3 is 11.9 Å². The molecular formula is C28H58O4. The van der Waals surface area contributed by atoms with E-state index < -0.39 is 0 Å². The van der Waals surface area contributed by atoms with Gasteiger partial charge < -0.3 is 9.47 Å². The molecule has 0 aromatic heterocycles. The SMILES string of the molecule is CC1CCC(C)CC1.CCCC.CCCC1CCC(C)CC1.COC(C)=O.COC(C)=O. The number of carbonyl (C=O) groups excluding carboxylic acids is 2. The van der Waals surface area contributed by atoms with Gasteiger partial charge in [-0.25, -0.2) is 0 Å². The van der Waals surface area contributed by atoms with E-state index in [0.29, 0.717) is 0 Å². The van der Waals surface area contributed by atoms with Gasteiger partial charge in [0.2, 0.25) is 0 Å². The molecule has 0 unspecified atom stereocenters. The molecule has 0 radical (unpaired) electrons. The molecule has 4 nitrogen and oxygen atoms in total. The highest BCUT2D eigenvalue weighted by molar-refractivity contribution is 5.65. The molecule has 0 N–H and O–H groups in total. The zero-order chi connectivity index (χ0) is 25.4. The molecule has 2 rings (SSSR count). The maximum absolute atomic E-state index is 9.59. The first-order valence-corrected chi connectivity index (χ1v) is 13.2. The predicted molar refractivity (Wildman–Crippen MR) is 139 cm³/mol. The fraction of sp³-hybridized carbons (Fsp3) is 0.929. The van der Waals surface area contributed by atoms with Gasteiger partial charge in [0.05, 0.1) is 14.2 Å². The minimum Gasteiger partial charge on any atom is -0.469 e. The smallest absolute Gasteiger partial charge is 0.302 e. The average molecular weight is 459 g/mol. The number of rotatable bonds is 3. The van der Waals surface area contributed by atoms with Gasteiger partial charge in [0.25, 0.3) is 0 Å². The van der Waals surface area contributed by atoms with Crippen LogP contribution in [0.4, 0.5) is 0 Å². The van der Waals surface area contributed by atoms with Crippen LogP contribution in [0.25, 0.3) is 0 Å². The minimum atomic E-state index is -0.245. The molecule has 0 saturated heterocycles. The van der Waals surface area contributed by atoms with Crippen LogP contribution in [0.2, 0.25) is 0 Å². The highest BCUT2D eigenvalue weighted by atomic mass is 16.5. The van der Waals surface area contributed by atoms with Crippen molar-refractivity contribution in [2.24, 2.45) is 23.7 Å². The Morgan fingerprint density at radius 3 is 1.03 bits per heavy atom. The van der Waals surface area contributed by atoms with Gasteiger partial charge in [-0.3, -0.25) is 9.59 Å². The van der Waals surface area contributed by atoms with Crippen molar-refractivity contribution in [1.29, 1.82) is 0 Å². The molecule has 0 aliphatic heterocycles. The second-order valence-corrected chi connectivity index (χ2v) is 9.67. The molecule has 0 amide bonds. The topological polar surface area (TPSA) is 52.6 Å². The van der Waals surface area contributed by atoms with Crippen LogP contribution in [0.1, 0.15) is 132 Å². The monoisotopic (exact) mass is 458 g/mol. The summed E-state index contributed by atoms with van der Waals surface area (Å²) in [5.41, 5.74) is 0. The third-order valence-electron chi connectivity index (χ3n) is 6.21. The van der Waals surface area contributed by atoms with Crippen molar-refractivity contribution in [3.63, 3.8) is 0 Å². The number of hydrogen-bond acceptors (Lipinski definition) is 4. The van der Waals surface area contributed by atoms with E-state index in [2.05, 4.69) is 51.0 Å². The number of unbranched alkanes of at least 4 members (excludes halogenated alkanes) is 1. The lowest BCUT2D eigenvalue weighted by Crippen LogP contribution is -2.11. The van der Waals surface area contributed by atoms with Gasteiger partial charge in [0.15, 0.2) is 0 Å². The zero-order valence-corrected chi connectivity index (χ0v) is 23.4. The Bertz CT molecular complexity index is 366. The first-order chi connectivity index (χ1) is 15.1. The van der Waals surface area contributed by atoms with E-state index in [9.17, 15) is 9.59 Å². The van der Waals surface area contributed by atoms with Gasteiger partial charge in [0, 0.05) is 13.8 Å². The normalized spacial score (nSPS) is 23.7. The summed E-state index contributed by atoms with van der Waals surface area (Å²) in [6, 6.07) is 0. The summed E-state index contributed by atoms with van der Waals surface area (Å²) in [7, 11) is 2.70. The summed E-state index contributed by atoms with van der Waals surface area (Å²) in [5, 5.41) is 0. The fourth-order valence-corrected chi connectivity index (χ4v) is 3.45. The lowest BCUT2D eigenvalue weighted by Gasteiger charge is -2.25. The highest BCUT2D eigenvalue weighted by Gasteiger charge is 2.16. The molecule has 0 aromatic carbocycles. The van der Waals surface area contributed by atoms with Crippen molar-refractivity contribution in [3.05, 3.63) is 0 Å². The van der Waals surface area contributed by atoms with Crippen LogP contribution in [0.5, 0.6) is 0 Å². The Kier molecular flexibility index (Phi) is 29.1. The Balaban J connectivity index is -0.000000345. The molecule has 0 bridgehead atoms. The summed E-state index contributed by atoms with van der Waals surface area (Å²) < 4.78 is 8.22. The van der Waals surface area contributed by atoms with E-state index in [1.54, 1.807) is 0 Å². The molecule has 2 aliphatic carbocycles. The molecule has 0 heterocycles.